The van der Waals surface area contributed by atoms with E-state index in [2.05, 4.69) is 10.6 Å². The lowest BCUT2D eigenvalue weighted by atomic mass is 9.74. The number of hydrogen-bond donors (Lipinski definition) is 2. The molecule has 108 valence electrons. The number of hydrogen-bond acceptors (Lipinski definition) is 4. The van der Waals surface area contributed by atoms with Crippen molar-refractivity contribution in [3.8, 4) is 0 Å². The number of rotatable bonds is 2. The van der Waals surface area contributed by atoms with E-state index in [0.29, 0.717) is 17.2 Å². The maximum absolute atomic E-state index is 11.8. The van der Waals surface area contributed by atoms with Crippen molar-refractivity contribution in [2.45, 2.75) is 25.2 Å². The van der Waals surface area contributed by atoms with Crippen LogP contribution in [-0.4, -0.2) is 32.2 Å². The maximum Gasteiger partial charge on any atom is 0.338 e. The Hall–Kier alpha value is -1.26. The van der Waals surface area contributed by atoms with Crippen LogP contribution in [0.25, 0.3) is 0 Å². The van der Waals surface area contributed by atoms with Crippen LogP contribution in [0.3, 0.4) is 0 Å². The molecule has 3 rings (SSSR count). The summed E-state index contributed by atoms with van der Waals surface area (Å²) >= 11 is 6.47. The maximum atomic E-state index is 11.8. The predicted molar refractivity (Wildman–Crippen MR) is 79.7 cm³/mol. The number of benzene rings is 1. The predicted octanol–water partition coefficient (Wildman–Crippen LogP) is 2.56. The average Bonchev–Trinajstić information content (AvgIpc) is 2.79. The summed E-state index contributed by atoms with van der Waals surface area (Å²) in [5.74, 6) is -0.315. The number of carbonyl (C=O) groups excluding carboxylic acids is 1. The summed E-state index contributed by atoms with van der Waals surface area (Å²) in [6.07, 6.45) is 2.15. The zero-order valence-corrected chi connectivity index (χ0v) is 12.3. The number of carbonyl (C=O) groups is 1. The number of esters is 1. The minimum absolute atomic E-state index is 0.116. The Labute approximate surface area is 123 Å². The molecule has 0 aliphatic carbocycles. The van der Waals surface area contributed by atoms with Crippen LogP contribution in [0.4, 0.5) is 5.69 Å². The first kappa shape index (κ1) is 13.7. The van der Waals surface area contributed by atoms with Crippen molar-refractivity contribution in [2.24, 2.45) is 0 Å². The topological polar surface area (TPSA) is 50.4 Å². The van der Waals surface area contributed by atoms with E-state index in [9.17, 15) is 4.79 Å². The average molecular weight is 295 g/mol. The van der Waals surface area contributed by atoms with Gasteiger partial charge in [0.1, 0.15) is 0 Å². The number of fused-ring (bicyclic) bond motifs is 2. The Bertz CT molecular complexity index is 539. The van der Waals surface area contributed by atoms with Crippen LogP contribution in [0.5, 0.6) is 0 Å². The molecule has 1 saturated heterocycles. The molecule has 1 fully saturated rings. The van der Waals surface area contributed by atoms with Crippen molar-refractivity contribution in [2.75, 3.05) is 31.6 Å². The highest BCUT2D eigenvalue weighted by molar-refractivity contribution is 6.32. The zero-order valence-electron chi connectivity index (χ0n) is 11.6. The number of anilines is 1. The smallest absolute Gasteiger partial charge is 0.338 e. The van der Waals surface area contributed by atoms with Crippen molar-refractivity contribution in [1.29, 1.82) is 0 Å². The fourth-order valence-corrected chi connectivity index (χ4v) is 3.72. The fourth-order valence-electron chi connectivity index (χ4n) is 3.30. The molecule has 2 N–H and O–H groups in total. The van der Waals surface area contributed by atoms with Gasteiger partial charge in [-0.15, -0.1) is 0 Å². The molecule has 0 aromatic heterocycles. The molecule has 2 aliphatic heterocycles. The number of piperidine rings is 1. The van der Waals surface area contributed by atoms with Gasteiger partial charge in [-0.25, -0.2) is 4.79 Å². The molecule has 2 aliphatic rings. The van der Waals surface area contributed by atoms with E-state index in [1.807, 2.05) is 6.07 Å². The van der Waals surface area contributed by atoms with Crippen molar-refractivity contribution in [3.63, 3.8) is 0 Å². The summed E-state index contributed by atoms with van der Waals surface area (Å²) in [5, 5.41) is 7.48. The van der Waals surface area contributed by atoms with Gasteiger partial charge >= 0.3 is 5.97 Å². The third kappa shape index (κ3) is 2.17. The van der Waals surface area contributed by atoms with Gasteiger partial charge in [-0.1, -0.05) is 11.6 Å². The van der Waals surface area contributed by atoms with E-state index < -0.39 is 0 Å². The van der Waals surface area contributed by atoms with Crippen molar-refractivity contribution in [1.82, 2.24) is 5.32 Å². The lowest BCUT2D eigenvalue weighted by Gasteiger charge is -2.34. The van der Waals surface area contributed by atoms with E-state index in [1.54, 1.807) is 13.0 Å². The SMILES string of the molecule is CCOC(=O)c1cc(Cl)c2c(c1)NCC21CCNCC1. The first-order valence-electron chi connectivity index (χ1n) is 7.12. The van der Waals surface area contributed by atoms with Crippen molar-refractivity contribution >= 4 is 23.3 Å². The quantitative estimate of drug-likeness (QED) is 0.823. The van der Waals surface area contributed by atoms with Crippen molar-refractivity contribution in [3.05, 3.63) is 28.3 Å². The highest BCUT2D eigenvalue weighted by Gasteiger charge is 2.41. The minimum atomic E-state index is -0.315. The highest BCUT2D eigenvalue weighted by Crippen LogP contribution is 2.46. The summed E-state index contributed by atoms with van der Waals surface area (Å²) in [6.45, 7) is 5.09. The molecular weight excluding hydrogens is 276 g/mol. The molecule has 0 amide bonds. The van der Waals surface area contributed by atoms with Gasteiger partial charge in [0.15, 0.2) is 0 Å². The summed E-state index contributed by atoms with van der Waals surface area (Å²) in [6, 6.07) is 3.62. The Morgan fingerprint density at radius 1 is 1.40 bits per heavy atom. The van der Waals surface area contributed by atoms with Gasteiger partial charge in [-0.05, 0) is 45.0 Å². The van der Waals surface area contributed by atoms with Crippen LogP contribution in [0, 0.1) is 0 Å². The third-order valence-electron chi connectivity index (χ3n) is 4.31. The summed E-state index contributed by atoms with van der Waals surface area (Å²) in [4.78, 5) is 11.8. The second kappa shape index (κ2) is 5.26. The molecule has 0 atom stereocenters. The normalized spacial score (nSPS) is 19.5. The van der Waals surface area contributed by atoms with Gasteiger partial charge in [-0.2, -0.15) is 0 Å². The van der Waals surface area contributed by atoms with Crippen molar-refractivity contribution < 1.29 is 9.53 Å². The Balaban J connectivity index is 1.98. The second-order valence-electron chi connectivity index (χ2n) is 5.48. The zero-order chi connectivity index (χ0) is 14.2. The van der Waals surface area contributed by atoms with Gasteiger partial charge in [0.25, 0.3) is 0 Å². The molecule has 2 heterocycles. The summed E-state index contributed by atoms with van der Waals surface area (Å²) in [7, 11) is 0. The monoisotopic (exact) mass is 294 g/mol. The molecule has 1 aromatic carbocycles. The first-order chi connectivity index (χ1) is 9.66. The molecule has 1 spiro atoms. The van der Waals surface area contributed by atoms with Crippen LogP contribution < -0.4 is 10.6 Å². The number of halogens is 1. The van der Waals surface area contributed by atoms with Gasteiger partial charge in [0.05, 0.1) is 12.2 Å². The van der Waals surface area contributed by atoms with Crippen LogP contribution in [-0.2, 0) is 10.2 Å². The molecule has 0 unspecified atom stereocenters. The minimum Gasteiger partial charge on any atom is -0.462 e. The molecule has 5 heteroatoms. The molecular formula is C15H19ClN2O2. The molecule has 20 heavy (non-hydrogen) atoms. The highest BCUT2D eigenvalue weighted by atomic mass is 35.5. The molecule has 0 saturated carbocycles. The van der Waals surface area contributed by atoms with Crippen LogP contribution >= 0.6 is 11.6 Å². The van der Waals surface area contributed by atoms with Gasteiger partial charge < -0.3 is 15.4 Å². The fraction of sp³-hybridized carbons (Fsp3) is 0.533. The van der Waals surface area contributed by atoms with Gasteiger partial charge in [-0.3, -0.25) is 0 Å². The standard InChI is InChI=1S/C15H19ClN2O2/c1-2-20-14(19)10-7-11(16)13-12(8-10)18-9-15(13)3-5-17-6-4-15/h7-8,17-18H,2-6,9H2,1H3. The van der Waals surface area contributed by atoms with E-state index >= 15 is 0 Å². The van der Waals surface area contributed by atoms with E-state index in [0.717, 1.165) is 38.2 Å². The molecule has 1 aromatic rings. The lowest BCUT2D eigenvalue weighted by molar-refractivity contribution is 0.0526. The largest absolute Gasteiger partial charge is 0.462 e. The number of nitrogens with one attached hydrogen (secondary N) is 2. The Kier molecular flexibility index (Phi) is 3.61. The van der Waals surface area contributed by atoms with Crippen LogP contribution in [0.15, 0.2) is 12.1 Å². The second-order valence-corrected chi connectivity index (χ2v) is 5.89. The molecule has 0 bridgehead atoms. The number of ether oxygens (including phenoxy) is 1. The molecule has 4 nitrogen and oxygen atoms in total. The van der Waals surface area contributed by atoms with Gasteiger partial charge in [0, 0.05) is 28.2 Å². The summed E-state index contributed by atoms with van der Waals surface area (Å²) < 4.78 is 5.04. The van der Waals surface area contributed by atoms with Gasteiger partial charge in [0.2, 0.25) is 0 Å². The van der Waals surface area contributed by atoms with Crippen LogP contribution in [0.2, 0.25) is 5.02 Å². The molecule has 0 radical (unpaired) electrons. The van der Waals surface area contributed by atoms with E-state index in [4.69, 9.17) is 16.3 Å². The Morgan fingerprint density at radius 3 is 2.85 bits per heavy atom. The third-order valence-corrected chi connectivity index (χ3v) is 4.61. The first-order valence-corrected chi connectivity index (χ1v) is 7.50. The van der Waals surface area contributed by atoms with E-state index in [-0.39, 0.29) is 11.4 Å². The van der Waals surface area contributed by atoms with Crippen LogP contribution in [0.1, 0.15) is 35.7 Å². The Morgan fingerprint density at radius 2 is 2.15 bits per heavy atom. The lowest BCUT2D eigenvalue weighted by Crippen LogP contribution is -2.41. The van der Waals surface area contributed by atoms with E-state index in [1.165, 1.54) is 5.56 Å². The summed E-state index contributed by atoms with van der Waals surface area (Å²) in [5.41, 5.74) is 2.80.